The number of amidine groups is 1. The quantitative estimate of drug-likeness (QED) is 0.584. The van der Waals surface area contributed by atoms with Crippen molar-refractivity contribution in [3.63, 3.8) is 0 Å². The third kappa shape index (κ3) is 2.22. The van der Waals surface area contributed by atoms with Crippen molar-refractivity contribution in [1.29, 1.82) is 5.41 Å². The lowest BCUT2D eigenvalue weighted by atomic mass is 10.2. The van der Waals surface area contributed by atoms with E-state index in [2.05, 4.69) is 4.98 Å². The van der Waals surface area contributed by atoms with Crippen LogP contribution in [0.2, 0.25) is 0 Å². The first-order valence-electron chi connectivity index (χ1n) is 4.56. The number of nitrogens with two attached hydrogens (primary N) is 1. The standard InChI is InChI=1S/C11H11N3O/c12-11(13)7-15-9-3-4-10-8(6-9)2-1-5-14-10/h1-6H,7H2,(H3,12,13). The third-order valence-corrected chi connectivity index (χ3v) is 1.97. The van der Waals surface area contributed by atoms with Gasteiger partial charge in [0.1, 0.15) is 18.2 Å². The van der Waals surface area contributed by atoms with Crippen molar-refractivity contribution >= 4 is 16.7 Å². The first-order valence-corrected chi connectivity index (χ1v) is 4.56. The fraction of sp³-hybridized carbons (Fsp3) is 0.0909. The minimum Gasteiger partial charge on any atom is -0.486 e. The Morgan fingerprint density at radius 2 is 2.27 bits per heavy atom. The normalized spacial score (nSPS) is 10.1. The Kier molecular flexibility index (Phi) is 2.49. The zero-order chi connectivity index (χ0) is 10.7. The van der Waals surface area contributed by atoms with Gasteiger partial charge in [0.05, 0.1) is 5.52 Å². The maximum atomic E-state index is 7.05. The van der Waals surface area contributed by atoms with Gasteiger partial charge in [-0.05, 0) is 24.3 Å². The van der Waals surface area contributed by atoms with Crippen LogP contribution in [-0.2, 0) is 0 Å². The lowest BCUT2D eigenvalue weighted by Crippen LogP contribution is -2.19. The van der Waals surface area contributed by atoms with Gasteiger partial charge in [-0.1, -0.05) is 6.07 Å². The molecule has 0 atom stereocenters. The highest BCUT2D eigenvalue weighted by Gasteiger charge is 1.98. The van der Waals surface area contributed by atoms with Gasteiger partial charge in [0.15, 0.2) is 0 Å². The highest BCUT2D eigenvalue weighted by Crippen LogP contribution is 2.18. The van der Waals surface area contributed by atoms with E-state index in [1.165, 1.54) is 0 Å². The van der Waals surface area contributed by atoms with Crippen molar-refractivity contribution < 1.29 is 4.74 Å². The van der Waals surface area contributed by atoms with E-state index in [9.17, 15) is 0 Å². The van der Waals surface area contributed by atoms with Gasteiger partial charge in [-0.2, -0.15) is 0 Å². The van der Waals surface area contributed by atoms with Crippen LogP contribution in [0.4, 0.5) is 0 Å². The summed E-state index contributed by atoms with van der Waals surface area (Å²) in [6, 6.07) is 9.41. The Morgan fingerprint density at radius 3 is 3.07 bits per heavy atom. The molecular formula is C11H11N3O. The predicted molar refractivity (Wildman–Crippen MR) is 59.2 cm³/mol. The van der Waals surface area contributed by atoms with E-state index < -0.39 is 0 Å². The molecule has 15 heavy (non-hydrogen) atoms. The van der Waals surface area contributed by atoms with Crippen LogP contribution < -0.4 is 10.5 Å². The first-order chi connectivity index (χ1) is 7.25. The molecule has 0 spiro atoms. The van der Waals surface area contributed by atoms with Crippen LogP contribution in [0.1, 0.15) is 0 Å². The summed E-state index contributed by atoms with van der Waals surface area (Å²) in [6.07, 6.45) is 1.75. The average Bonchev–Trinajstić information content (AvgIpc) is 2.26. The second kappa shape index (κ2) is 3.96. The maximum Gasteiger partial charge on any atom is 0.145 e. The van der Waals surface area contributed by atoms with E-state index in [0.29, 0.717) is 5.75 Å². The van der Waals surface area contributed by atoms with Crippen molar-refractivity contribution in [1.82, 2.24) is 4.98 Å². The summed E-state index contributed by atoms with van der Waals surface area (Å²) in [5.41, 5.74) is 6.12. The maximum absolute atomic E-state index is 7.05. The second-order valence-corrected chi connectivity index (χ2v) is 3.17. The number of fused-ring (bicyclic) bond motifs is 1. The highest BCUT2D eigenvalue weighted by molar-refractivity contribution is 5.80. The number of pyridine rings is 1. The van der Waals surface area contributed by atoms with E-state index in [0.717, 1.165) is 10.9 Å². The minimum absolute atomic E-state index is 0.0151. The van der Waals surface area contributed by atoms with Gasteiger partial charge in [0.2, 0.25) is 0 Å². The zero-order valence-corrected chi connectivity index (χ0v) is 8.10. The molecule has 0 bridgehead atoms. The van der Waals surface area contributed by atoms with Gasteiger partial charge < -0.3 is 10.5 Å². The van der Waals surface area contributed by atoms with Crippen molar-refractivity contribution in [3.8, 4) is 5.75 Å². The molecule has 4 nitrogen and oxygen atoms in total. The van der Waals surface area contributed by atoms with Crippen LogP contribution in [-0.4, -0.2) is 17.4 Å². The molecule has 1 heterocycles. The Bertz CT molecular complexity index is 496. The van der Waals surface area contributed by atoms with Crippen LogP contribution >= 0.6 is 0 Å². The van der Waals surface area contributed by atoms with Gasteiger partial charge in [0, 0.05) is 11.6 Å². The number of rotatable bonds is 3. The molecule has 0 radical (unpaired) electrons. The SMILES string of the molecule is N=C(N)COc1ccc2ncccc2c1. The summed E-state index contributed by atoms with van der Waals surface area (Å²) in [5.74, 6) is 0.715. The molecule has 2 aromatic rings. The van der Waals surface area contributed by atoms with Gasteiger partial charge in [-0.25, -0.2) is 0 Å². The van der Waals surface area contributed by atoms with Crippen LogP contribution in [0, 0.1) is 5.41 Å². The number of nitrogens with zero attached hydrogens (tertiary/aromatic N) is 1. The fourth-order valence-electron chi connectivity index (χ4n) is 1.30. The number of aromatic nitrogens is 1. The van der Waals surface area contributed by atoms with E-state index in [4.69, 9.17) is 15.9 Å². The smallest absolute Gasteiger partial charge is 0.145 e. The Morgan fingerprint density at radius 1 is 1.40 bits per heavy atom. The van der Waals surface area contributed by atoms with E-state index in [1.807, 2.05) is 30.3 Å². The molecule has 0 aliphatic rings. The monoisotopic (exact) mass is 201 g/mol. The summed E-state index contributed by atoms with van der Waals surface area (Å²) in [6.45, 7) is 0.117. The Hall–Kier alpha value is -2.10. The van der Waals surface area contributed by atoms with Gasteiger partial charge >= 0.3 is 0 Å². The number of nitrogens with one attached hydrogen (secondary N) is 1. The summed E-state index contributed by atoms with van der Waals surface area (Å²) in [7, 11) is 0. The van der Waals surface area contributed by atoms with Gasteiger partial charge in [-0.15, -0.1) is 0 Å². The zero-order valence-electron chi connectivity index (χ0n) is 8.10. The van der Waals surface area contributed by atoms with Crippen molar-refractivity contribution in [2.45, 2.75) is 0 Å². The van der Waals surface area contributed by atoms with Gasteiger partial charge in [0.25, 0.3) is 0 Å². The molecular weight excluding hydrogens is 190 g/mol. The van der Waals surface area contributed by atoms with Crippen molar-refractivity contribution in [3.05, 3.63) is 36.5 Å². The van der Waals surface area contributed by atoms with Crippen molar-refractivity contribution in [2.24, 2.45) is 5.73 Å². The molecule has 3 N–H and O–H groups in total. The molecule has 4 heteroatoms. The largest absolute Gasteiger partial charge is 0.486 e. The molecule has 0 aliphatic carbocycles. The third-order valence-electron chi connectivity index (χ3n) is 1.97. The minimum atomic E-state index is 0.0151. The number of hydrogen-bond donors (Lipinski definition) is 2. The summed E-state index contributed by atoms with van der Waals surface area (Å²) in [4.78, 5) is 4.20. The fourth-order valence-corrected chi connectivity index (χ4v) is 1.30. The molecule has 0 aliphatic heterocycles. The topological polar surface area (TPSA) is 72.0 Å². The molecule has 76 valence electrons. The Balaban J connectivity index is 2.26. The van der Waals surface area contributed by atoms with Crippen LogP contribution in [0.25, 0.3) is 10.9 Å². The van der Waals surface area contributed by atoms with Gasteiger partial charge in [-0.3, -0.25) is 10.4 Å². The molecule has 1 aromatic carbocycles. The number of benzene rings is 1. The summed E-state index contributed by atoms with van der Waals surface area (Å²) < 4.78 is 5.30. The average molecular weight is 201 g/mol. The highest BCUT2D eigenvalue weighted by atomic mass is 16.5. The molecule has 2 rings (SSSR count). The Labute approximate surface area is 87.2 Å². The van der Waals surface area contributed by atoms with E-state index in [-0.39, 0.29) is 12.4 Å². The first kappa shape index (κ1) is 9.45. The van der Waals surface area contributed by atoms with Crippen molar-refractivity contribution in [2.75, 3.05) is 6.61 Å². The van der Waals surface area contributed by atoms with E-state index in [1.54, 1.807) is 6.20 Å². The molecule has 0 saturated carbocycles. The van der Waals surface area contributed by atoms with Crippen LogP contribution in [0.3, 0.4) is 0 Å². The van der Waals surface area contributed by atoms with Crippen LogP contribution in [0.5, 0.6) is 5.75 Å². The van der Waals surface area contributed by atoms with Crippen LogP contribution in [0.15, 0.2) is 36.5 Å². The lowest BCUT2D eigenvalue weighted by Gasteiger charge is -2.05. The lowest BCUT2D eigenvalue weighted by molar-refractivity contribution is 0.375. The molecule has 0 fully saturated rings. The molecule has 0 amide bonds. The molecule has 0 unspecified atom stereocenters. The number of hydrogen-bond acceptors (Lipinski definition) is 3. The number of ether oxygens (including phenoxy) is 1. The molecule has 1 aromatic heterocycles. The summed E-state index contributed by atoms with van der Waals surface area (Å²) in [5, 5.41) is 8.06. The second-order valence-electron chi connectivity index (χ2n) is 3.17. The summed E-state index contributed by atoms with van der Waals surface area (Å²) >= 11 is 0. The van der Waals surface area contributed by atoms with E-state index >= 15 is 0 Å². The predicted octanol–water partition coefficient (Wildman–Crippen LogP) is 1.55. The molecule has 0 saturated heterocycles.